The Morgan fingerprint density at radius 2 is 2.14 bits per heavy atom. The highest BCUT2D eigenvalue weighted by atomic mass is 16.5. The van der Waals surface area contributed by atoms with Crippen LogP contribution in [0.2, 0.25) is 0 Å². The number of carbonyl (C=O) groups excluding carboxylic acids is 1. The SMILES string of the molecule is CN(C)c1cc(C(=O)NC2CCOc3ccccc32)ccn1. The Morgan fingerprint density at radius 3 is 2.95 bits per heavy atom. The molecule has 0 bridgehead atoms. The van der Waals surface area contributed by atoms with E-state index in [2.05, 4.69) is 10.3 Å². The van der Waals surface area contributed by atoms with Crippen molar-refractivity contribution < 1.29 is 9.53 Å². The average molecular weight is 297 g/mol. The molecule has 2 aromatic rings. The first-order valence-corrected chi connectivity index (χ1v) is 7.31. The minimum absolute atomic E-state index is 0.0200. The smallest absolute Gasteiger partial charge is 0.251 e. The molecule has 0 fully saturated rings. The van der Waals surface area contributed by atoms with Gasteiger partial charge in [0.05, 0.1) is 12.6 Å². The number of rotatable bonds is 3. The quantitative estimate of drug-likeness (QED) is 0.945. The van der Waals surface area contributed by atoms with Crippen LogP contribution in [0.5, 0.6) is 5.75 Å². The van der Waals surface area contributed by atoms with Crippen LogP contribution in [0, 0.1) is 0 Å². The summed E-state index contributed by atoms with van der Waals surface area (Å²) in [5, 5.41) is 3.09. The minimum Gasteiger partial charge on any atom is -0.493 e. The number of ether oxygens (including phenoxy) is 1. The van der Waals surface area contributed by atoms with Crippen LogP contribution >= 0.6 is 0 Å². The zero-order valence-corrected chi connectivity index (χ0v) is 12.7. The third kappa shape index (κ3) is 2.88. The van der Waals surface area contributed by atoms with Crippen molar-refractivity contribution in [2.45, 2.75) is 12.5 Å². The maximum Gasteiger partial charge on any atom is 0.251 e. The molecule has 22 heavy (non-hydrogen) atoms. The summed E-state index contributed by atoms with van der Waals surface area (Å²) in [5.74, 6) is 1.52. The van der Waals surface area contributed by atoms with Gasteiger partial charge in [-0.2, -0.15) is 0 Å². The van der Waals surface area contributed by atoms with Gasteiger partial charge in [0, 0.05) is 37.8 Å². The predicted octanol–water partition coefficient (Wildman–Crippen LogP) is 2.40. The fourth-order valence-corrected chi connectivity index (χ4v) is 2.54. The van der Waals surface area contributed by atoms with Crippen LogP contribution in [0.1, 0.15) is 28.4 Å². The summed E-state index contributed by atoms with van der Waals surface area (Å²) in [7, 11) is 3.80. The largest absolute Gasteiger partial charge is 0.493 e. The van der Waals surface area contributed by atoms with Gasteiger partial charge in [-0.25, -0.2) is 4.98 Å². The topological polar surface area (TPSA) is 54.5 Å². The first kappa shape index (κ1) is 14.4. The molecule has 0 saturated heterocycles. The molecule has 1 aromatic carbocycles. The number of carbonyl (C=O) groups is 1. The molecule has 0 radical (unpaired) electrons. The molecule has 5 nitrogen and oxygen atoms in total. The number of hydrogen-bond donors (Lipinski definition) is 1. The summed E-state index contributed by atoms with van der Waals surface area (Å²) in [4.78, 5) is 18.6. The second-order valence-corrected chi connectivity index (χ2v) is 5.50. The number of anilines is 1. The fourth-order valence-electron chi connectivity index (χ4n) is 2.54. The van der Waals surface area contributed by atoms with Gasteiger partial charge in [0.15, 0.2) is 0 Å². The lowest BCUT2D eigenvalue weighted by Gasteiger charge is -2.26. The van der Waals surface area contributed by atoms with Crippen LogP contribution in [0.15, 0.2) is 42.6 Å². The highest BCUT2D eigenvalue weighted by Gasteiger charge is 2.23. The molecule has 1 aromatic heterocycles. The van der Waals surface area contributed by atoms with Crippen molar-refractivity contribution in [2.75, 3.05) is 25.6 Å². The van der Waals surface area contributed by atoms with Gasteiger partial charge in [-0.05, 0) is 18.2 Å². The molecule has 0 saturated carbocycles. The zero-order chi connectivity index (χ0) is 15.5. The summed E-state index contributed by atoms with van der Waals surface area (Å²) in [6.45, 7) is 0.612. The Balaban J connectivity index is 1.79. The van der Waals surface area contributed by atoms with Gasteiger partial charge >= 0.3 is 0 Å². The molecule has 0 aliphatic carbocycles. The summed E-state index contributed by atoms with van der Waals surface area (Å²) < 4.78 is 5.62. The van der Waals surface area contributed by atoms with Gasteiger partial charge in [-0.15, -0.1) is 0 Å². The van der Waals surface area contributed by atoms with E-state index in [1.54, 1.807) is 18.3 Å². The molecule has 3 rings (SSSR count). The van der Waals surface area contributed by atoms with E-state index in [0.29, 0.717) is 12.2 Å². The molecule has 1 aliphatic heterocycles. The Bertz CT molecular complexity index is 685. The highest BCUT2D eigenvalue weighted by Crippen LogP contribution is 2.31. The normalized spacial score (nSPS) is 16.4. The number of hydrogen-bond acceptors (Lipinski definition) is 4. The van der Waals surface area contributed by atoms with Crippen molar-refractivity contribution in [3.05, 3.63) is 53.7 Å². The molecule has 1 amide bonds. The lowest BCUT2D eigenvalue weighted by Crippen LogP contribution is -2.32. The number of fused-ring (bicyclic) bond motifs is 1. The monoisotopic (exact) mass is 297 g/mol. The van der Waals surface area contributed by atoms with E-state index in [4.69, 9.17) is 4.74 Å². The van der Waals surface area contributed by atoms with Crippen LogP contribution in [-0.2, 0) is 0 Å². The van der Waals surface area contributed by atoms with Gasteiger partial charge < -0.3 is 15.0 Å². The molecule has 1 unspecified atom stereocenters. The Kier molecular flexibility index (Phi) is 3.96. The van der Waals surface area contributed by atoms with Crippen LogP contribution in [-0.4, -0.2) is 31.6 Å². The van der Waals surface area contributed by atoms with E-state index >= 15 is 0 Å². The first-order valence-electron chi connectivity index (χ1n) is 7.31. The van der Waals surface area contributed by atoms with E-state index in [0.717, 1.165) is 23.6 Å². The molecule has 1 aliphatic rings. The maximum atomic E-state index is 12.5. The summed E-state index contributed by atoms with van der Waals surface area (Å²) in [6.07, 6.45) is 2.43. The first-order chi connectivity index (χ1) is 10.6. The average Bonchev–Trinajstić information content (AvgIpc) is 2.55. The minimum atomic E-state index is -0.0906. The second-order valence-electron chi connectivity index (χ2n) is 5.50. The number of nitrogens with one attached hydrogen (secondary N) is 1. The molecule has 2 heterocycles. The van der Waals surface area contributed by atoms with Gasteiger partial charge in [0.2, 0.25) is 0 Å². The Labute approximate surface area is 129 Å². The number of nitrogens with zero attached hydrogens (tertiary/aromatic N) is 2. The van der Waals surface area contributed by atoms with E-state index in [1.165, 1.54) is 0 Å². The lowest BCUT2D eigenvalue weighted by molar-refractivity contribution is 0.0924. The third-order valence-electron chi connectivity index (χ3n) is 3.73. The number of amides is 1. The van der Waals surface area contributed by atoms with Crippen LogP contribution in [0.25, 0.3) is 0 Å². The molecule has 1 atom stereocenters. The van der Waals surface area contributed by atoms with E-state index < -0.39 is 0 Å². The molecule has 114 valence electrons. The molecule has 5 heteroatoms. The molecule has 0 spiro atoms. The fraction of sp³-hybridized carbons (Fsp3) is 0.294. The van der Waals surface area contributed by atoms with Crippen LogP contribution in [0.4, 0.5) is 5.82 Å². The maximum absolute atomic E-state index is 12.5. The van der Waals surface area contributed by atoms with Crippen molar-refractivity contribution in [1.82, 2.24) is 10.3 Å². The van der Waals surface area contributed by atoms with Crippen molar-refractivity contribution in [2.24, 2.45) is 0 Å². The van der Waals surface area contributed by atoms with Crippen molar-refractivity contribution in [3.63, 3.8) is 0 Å². The number of para-hydroxylation sites is 1. The van der Waals surface area contributed by atoms with E-state index in [1.807, 2.05) is 43.3 Å². The number of aromatic nitrogens is 1. The number of benzene rings is 1. The van der Waals surface area contributed by atoms with Gasteiger partial charge in [0.1, 0.15) is 11.6 Å². The predicted molar refractivity (Wildman–Crippen MR) is 85.3 cm³/mol. The van der Waals surface area contributed by atoms with Gasteiger partial charge in [-0.3, -0.25) is 4.79 Å². The number of pyridine rings is 1. The standard InChI is InChI=1S/C17H19N3O2/c1-20(2)16-11-12(7-9-18-16)17(21)19-14-8-10-22-15-6-4-3-5-13(14)15/h3-7,9,11,14H,8,10H2,1-2H3,(H,19,21). The zero-order valence-electron chi connectivity index (χ0n) is 12.7. The summed E-state index contributed by atoms with van der Waals surface area (Å²) in [6, 6.07) is 11.3. The van der Waals surface area contributed by atoms with Gasteiger partial charge in [0.25, 0.3) is 5.91 Å². The molecular weight excluding hydrogens is 278 g/mol. The van der Waals surface area contributed by atoms with Gasteiger partial charge in [-0.1, -0.05) is 18.2 Å². The third-order valence-corrected chi connectivity index (χ3v) is 3.73. The van der Waals surface area contributed by atoms with E-state index in [9.17, 15) is 4.79 Å². The molecular formula is C17H19N3O2. The Hall–Kier alpha value is -2.56. The van der Waals surface area contributed by atoms with E-state index in [-0.39, 0.29) is 11.9 Å². The summed E-state index contributed by atoms with van der Waals surface area (Å²) in [5.41, 5.74) is 1.65. The summed E-state index contributed by atoms with van der Waals surface area (Å²) >= 11 is 0. The van der Waals surface area contributed by atoms with Crippen molar-refractivity contribution >= 4 is 11.7 Å². The van der Waals surface area contributed by atoms with Crippen molar-refractivity contribution in [3.8, 4) is 5.75 Å². The Morgan fingerprint density at radius 1 is 1.32 bits per heavy atom. The molecule has 1 N–H and O–H groups in total. The van der Waals surface area contributed by atoms with Crippen LogP contribution < -0.4 is 15.0 Å². The lowest BCUT2D eigenvalue weighted by atomic mass is 10.0. The second kappa shape index (κ2) is 6.05. The van der Waals surface area contributed by atoms with Crippen molar-refractivity contribution in [1.29, 1.82) is 0 Å². The highest BCUT2D eigenvalue weighted by molar-refractivity contribution is 5.95. The van der Waals surface area contributed by atoms with Crippen LogP contribution in [0.3, 0.4) is 0 Å².